The summed E-state index contributed by atoms with van der Waals surface area (Å²) in [6.45, 7) is 11.7. The van der Waals surface area contributed by atoms with E-state index in [0.717, 1.165) is 29.9 Å². The number of nitrogens with zero attached hydrogens (tertiary/aromatic N) is 2. The van der Waals surface area contributed by atoms with Crippen LogP contribution in [-0.4, -0.2) is 24.6 Å². The Morgan fingerprint density at radius 1 is 1.31 bits per heavy atom. The van der Waals surface area contributed by atoms with Gasteiger partial charge in [0.2, 0.25) is 0 Å². The van der Waals surface area contributed by atoms with Gasteiger partial charge in [-0.05, 0) is 31.0 Å². The zero-order chi connectivity index (χ0) is 21.2. The van der Waals surface area contributed by atoms with Gasteiger partial charge >= 0.3 is 0 Å². The minimum atomic E-state index is -0.530. The zero-order valence-electron chi connectivity index (χ0n) is 17.4. The Bertz CT molecular complexity index is 977. The van der Waals surface area contributed by atoms with E-state index in [1.54, 1.807) is 6.20 Å². The van der Waals surface area contributed by atoms with Gasteiger partial charge in [0.15, 0.2) is 5.78 Å². The lowest BCUT2D eigenvalue weighted by Crippen LogP contribution is -2.25. The highest BCUT2D eigenvalue weighted by Gasteiger charge is 2.32. The molecule has 1 aromatic carbocycles. The van der Waals surface area contributed by atoms with Crippen molar-refractivity contribution >= 4 is 22.9 Å². The maximum absolute atomic E-state index is 12.8. The standard InChI is InChI=1S/C24H28N4O/c1-6-17-11-18(13-19(12-17)28-9-7-8-10-28)21(14-25)27-22-16(2)26-15-20(22)23(29)24(3,4)5/h1,11-15,26H,2,7-10,25H2,3-5H3/b21-14-,27-22?. The fourth-order valence-corrected chi connectivity index (χ4v) is 3.48. The second kappa shape index (κ2) is 8.00. The number of carbonyl (C=O) groups excluding carboxylic acids is 1. The van der Waals surface area contributed by atoms with E-state index < -0.39 is 5.41 Å². The van der Waals surface area contributed by atoms with E-state index in [2.05, 4.69) is 28.8 Å². The summed E-state index contributed by atoms with van der Waals surface area (Å²) in [6, 6.07) is 5.96. The van der Waals surface area contributed by atoms with Gasteiger partial charge in [0.25, 0.3) is 0 Å². The first-order valence-corrected chi connectivity index (χ1v) is 9.83. The van der Waals surface area contributed by atoms with Gasteiger partial charge in [0, 0.05) is 47.7 Å². The van der Waals surface area contributed by atoms with E-state index in [0.29, 0.717) is 22.7 Å². The topological polar surface area (TPSA) is 70.7 Å². The largest absolute Gasteiger partial charge is 0.403 e. The van der Waals surface area contributed by atoms with Crippen LogP contribution >= 0.6 is 0 Å². The van der Waals surface area contributed by atoms with Gasteiger partial charge < -0.3 is 16.0 Å². The molecule has 0 radical (unpaired) electrons. The van der Waals surface area contributed by atoms with Gasteiger partial charge in [-0.15, -0.1) is 6.42 Å². The van der Waals surface area contributed by atoms with Gasteiger partial charge in [0.05, 0.1) is 22.7 Å². The van der Waals surface area contributed by atoms with Gasteiger partial charge in [-0.2, -0.15) is 0 Å². The lowest BCUT2D eigenvalue weighted by Gasteiger charge is -2.20. The van der Waals surface area contributed by atoms with Crippen molar-refractivity contribution in [3.05, 3.63) is 59.6 Å². The second-order valence-electron chi connectivity index (χ2n) is 8.38. The molecule has 3 N–H and O–H groups in total. The first kappa shape index (κ1) is 20.5. The number of aliphatic imine (C=N–C) groups is 1. The number of carbonyl (C=O) groups is 1. The van der Waals surface area contributed by atoms with E-state index in [-0.39, 0.29) is 5.78 Å². The van der Waals surface area contributed by atoms with E-state index in [4.69, 9.17) is 17.1 Å². The zero-order valence-corrected chi connectivity index (χ0v) is 17.4. The molecule has 0 unspecified atom stereocenters. The summed E-state index contributed by atoms with van der Waals surface area (Å²) in [7, 11) is 0. The maximum Gasteiger partial charge on any atom is 0.171 e. The van der Waals surface area contributed by atoms with Crippen LogP contribution in [0.2, 0.25) is 0 Å². The fraction of sp³-hybridized carbons (Fsp3) is 0.333. The Hall–Kier alpha value is -3.26. The highest BCUT2D eigenvalue weighted by molar-refractivity contribution is 6.31. The molecular weight excluding hydrogens is 360 g/mol. The first-order valence-electron chi connectivity index (χ1n) is 9.83. The molecule has 1 saturated heterocycles. The molecule has 0 atom stereocenters. The second-order valence-corrected chi connectivity index (χ2v) is 8.38. The van der Waals surface area contributed by atoms with Crippen molar-refractivity contribution in [2.24, 2.45) is 16.1 Å². The number of terminal acetylenes is 1. The van der Waals surface area contributed by atoms with Crippen molar-refractivity contribution in [2.45, 2.75) is 33.6 Å². The number of nitrogens with two attached hydrogens (primary N) is 1. The summed E-state index contributed by atoms with van der Waals surface area (Å²) in [5, 5.41) is 3.02. The molecule has 29 heavy (non-hydrogen) atoms. The number of rotatable bonds is 4. The lowest BCUT2D eigenvalue weighted by atomic mass is 9.85. The van der Waals surface area contributed by atoms with Crippen molar-refractivity contribution < 1.29 is 4.79 Å². The SMILES string of the molecule is C#Cc1cc(/C(=C/N)N=C2C(=C)NC=C2C(=O)C(C)(C)C)cc(N2CCCC2)c1. The Labute approximate surface area is 173 Å². The van der Waals surface area contributed by atoms with Gasteiger partial charge in [0.1, 0.15) is 0 Å². The number of anilines is 1. The highest BCUT2D eigenvalue weighted by atomic mass is 16.1. The van der Waals surface area contributed by atoms with Crippen LogP contribution in [0.3, 0.4) is 0 Å². The number of hydrogen-bond acceptors (Lipinski definition) is 5. The van der Waals surface area contributed by atoms with E-state index in [1.165, 1.54) is 19.0 Å². The molecule has 5 heteroatoms. The molecule has 2 heterocycles. The molecule has 2 aliphatic rings. The number of nitrogens with one attached hydrogen (secondary N) is 1. The van der Waals surface area contributed by atoms with Crippen molar-refractivity contribution in [3.8, 4) is 12.3 Å². The van der Waals surface area contributed by atoms with Gasteiger partial charge in [-0.25, -0.2) is 4.99 Å². The Morgan fingerprint density at radius 3 is 2.59 bits per heavy atom. The Balaban J connectivity index is 2.02. The van der Waals surface area contributed by atoms with Crippen molar-refractivity contribution in [1.29, 1.82) is 0 Å². The molecule has 0 saturated carbocycles. The third-order valence-electron chi connectivity index (χ3n) is 5.10. The normalized spacial score (nSPS) is 18.6. The van der Waals surface area contributed by atoms with Crippen LogP contribution in [0.15, 0.2) is 53.4 Å². The molecule has 5 nitrogen and oxygen atoms in total. The fourth-order valence-electron chi connectivity index (χ4n) is 3.48. The predicted octanol–water partition coefficient (Wildman–Crippen LogP) is 3.58. The van der Waals surface area contributed by atoms with Crippen LogP contribution in [0, 0.1) is 17.8 Å². The summed E-state index contributed by atoms with van der Waals surface area (Å²) in [4.78, 5) is 19.9. The van der Waals surface area contributed by atoms with Crippen LogP contribution in [0.25, 0.3) is 5.70 Å². The highest BCUT2D eigenvalue weighted by Crippen LogP contribution is 2.30. The van der Waals surface area contributed by atoms with Crippen molar-refractivity contribution in [3.63, 3.8) is 0 Å². The average molecular weight is 389 g/mol. The Kier molecular flexibility index (Phi) is 5.65. The molecule has 0 bridgehead atoms. The molecule has 0 aliphatic carbocycles. The summed E-state index contributed by atoms with van der Waals surface area (Å²) in [5.74, 6) is 2.72. The van der Waals surface area contributed by atoms with Crippen LogP contribution in [0.4, 0.5) is 5.69 Å². The predicted molar refractivity (Wildman–Crippen MR) is 120 cm³/mol. The average Bonchev–Trinajstić information content (AvgIpc) is 3.34. The maximum atomic E-state index is 12.8. The number of allylic oxidation sites excluding steroid dienone is 1. The third kappa shape index (κ3) is 4.27. The summed E-state index contributed by atoms with van der Waals surface area (Å²) in [5.41, 5.74) is 10.2. The minimum absolute atomic E-state index is 0.00565. The Morgan fingerprint density at radius 2 is 2.00 bits per heavy atom. The quantitative estimate of drug-likeness (QED) is 0.774. The van der Waals surface area contributed by atoms with Gasteiger partial charge in [-0.3, -0.25) is 4.79 Å². The third-order valence-corrected chi connectivity index (χ3v) is 5.10. The monoisotopic (exact) mass is 388 g/mol. The molecule has 3 rings (SSSR count). The van der Waals surface area contributed by atoms with Gasteiger partial charge in [-0.1, -0.05) is 33.3 Å². The summed E-state index contributed by atoms with van der Waals surface area (Å²) >= 11 is 0. The molecule has 0 spiro atoms. The van der Waals surface area contributed by atoms with Crippen LogP contribution in [0.1, 0.15) is 44.7 Å². The van der Waals surface area contributed by atoms with E-state index >= 15 is 0 Å². The van der Waals surface area contributed by atoms with Crippen LogP contribution < -0.4 is 16.0 Å². The first-order chi connectivity index (χ1) is 13.7. The number of benzene rings is 1. The van der Waals surface area contributed by atoms with Crippen molar-refractivity contribution in [2.75, 3.05) is 18.0 Å². The number of ketones is 1. The molecule has 2 aliphatic heterocycles. The molecule has 1 fully saturated rings. The summed E-state index contributed by atoms with van der Waals surface area (Å²) < 4.78 is 0. The minimum Gasteiger partial charge on any atom is -0.403 e. The molecule has 150 valence electrons. The van der Waals surface area contributed by atoms with Crippen LogP contribution in [-0.2, 0) is 4.79 Å². The number of Topliss-reactive ketones (excluding diaryl/α,β-unsaturated/α-hetero) is 1. The lowest BCUT2D eigenvalue weighted by molar-refractivity contribution is -0.121. The molecule has 0 amide bonds. The van der Waals surface area contributed by atoms with E-state index in [9.17, 15) is 4.79 Å². The molecular formula is C24H28N4O. The molecule has 0 aromatic heterocycles. The smallest absolute Gasteiger partial charge is 0.171 e. The van der Waals surface area contributed by atoms with Crippen LogP contribution in [0.5, 0.6) is 0 Å². The molecule has 1 aromatic rings. The number of hydrogen-bond donors (Lipinski definition) is 2. The van der Waals surface area contributed by atoms with Crippen molar-refractivity contribution in [1.82, 2.24) is 5.32 Å². The van der Waals surface area contributed by atoms with E-state index in [1.807, 2.05) is 32.9 Å². The summed E-state index contributed by atoms with van der Waals surface area (Å²) in [6.07, 6.45) is 11.1.